The van der Waals surface area contributed by atoms with Gasteiger partial charge in [-0.15, -0.1) is 0 Å². The molecule has 1 aromatic rings. The Bertz CT molecular complexity index is 291. The standard InChI is InChI=1S/C13H25N3/c1-5-14-8-6-12(4)10-13-7-9-16(15-13)11(2)3/h7,9,11-12,14H,5-6,8,10H2,1-4H3. The van der Waals surface area contributed by atoms with Gasteiger partial charge in [-0.25, -0.2) is 0 Å². The predicted octanol–water partition coefficient (Wildman–Crippen LogP) is 2.64. The third-order valence-electron chi connectivity index (χ3n) is 2.81. The van der Waals surface area contributed by atoms with E-state index in [0.717, 1.165) is 19.5 Å². The van der Waals surface area contributed by atoms with E-state index in [0.29, 0.717) is 12.0 Å². The molecule has 1 aromatic heterocycles. The second kappa shape index (κ2) is 6.69. The Kier molecular flexibility index (Phi) is 5.53. The average Bonchev–Trinajstić information content (AvgIpc) is 2.66. The smallest absolute Gasteiger partial charge is 0.0627 e. The van der Waals surface area contributed by atoms with Gasteiger partial charge in [0.15, 0.2) is 0 Å². The number of aromatic nitrogens is 2. The van der Waals surface area contributed by atoms with E-state index in [1.807, 2.05) is 4.68 Å². The van der Waals surface area contributed by atoms with Crippen LogP contribution >= 0.6 is 0 Å². The van der Waals surface area contributed by atoms with Gasteiger partial charge in [0.05, 0.1) is 5.69 Å². The molecule has 0 radical (unpaired) electrons. The highest BCUT2D eigenvalue weighted by atomic mass is 15.3. The summed E-state index contributed by atoms with van der Waals surface area (Å²) >= 11 is 0. The van der Waals surface area contributed by atoms with E-state index in [-0.39, 0.29) is 0 Å². The largest absolute Gasteiger partial charge is 0.317 e. The summed E-state index contributed by atoms with van der Waals surface area (Å²) in [6, 6.07) is 2.61. The van der Waals surface area contributed by atoms with Crippen molar-refractivity contribution >= 4 is 0 Å². The van der Waals surface area contributed by atoms with Crippen molar-refractivity contribution in [2.45, 2.75) is 46.6 Å². The predicted molar refractivity (Wildman–Crippen MR) is 68.6 cm³/mol. The normalized spacial score (nSPS) is 13.3. The van der Waals surface area contributed by atoms with Crippen LogP contribution < -0.4 is 5.32 Å². The topological polar surface area (TPSA) is 29.9 Å². The van der Waals surface area contributed by atoms with Crippen LogP contribution in [0, 0.1) is 5.92 Å². The van der Waals surface area contributed by atoms with Crippen molar-refractivity contribution in [3.05, 3.63) is 18.0 Å². The zero-order valence-corrected chi connectivity index (χ0v) is 11.0. The van der Waals surface area contributed by atoms with Gasteiger partial charge in [0.2, 0.25) is 0 Å². The lowest BCUT2D eigenvalue weighted by Crippen LogP contribution is -2.17. The lowest BCUT2D eigenvalue weighted by molar-refractivity contribution is 0.483. The Hall–Kier alpha value is -0.830. The maximum absolute atomic E-state index is 4.57. The molecule has 3 heteroatoms. The zero-order valence-electron chi connectivity index (χ0n) is 11.0. The van der Waals surface area contributed by atoms with Crippen LogP contribution in [0.25, 0.3) is 0 Å². The third-order valence-corrected chi connectivity index (χ3v) is 2.81. The summed E-state index contributed by atoms with van der Waals surface area (Å²) in [5.41, 5.74) is 1.22. The molecule has 0 bridgehead atoms. The van der Waals surface area contributed by atoms with Crippen LogP contribution in [0.2, 0.25) is 0 Å². The maximum Gasteiger partial charge on any atom is 0.0627 e. The second-order valence-electron chi connectivity index (χ2n) is 4.83. The van der Waals surface area contributed by atoms with Gasteiger partial charge >= 0.3 is 0 Å². The first-order valence-corrected chi connectivity index (χ1v) is 6.38. The molecule has 1 unspecified atom stereocenters. The van der Waals surface area contributed by atoms with E-state index in [2.05, 4.69) is 50.4 Å². The Morgan fingerprint density at radius 3 is 2.69 bits per heavy atom. The summed E-state index contributed by atoms with van der Waals surface area (Å²) in [4.78, 5) is 0. The van der Waals surface area contributed by atoms with Crippen molar-refractivity contribution < 1.29 is 0 Å². The van der Waals surface area contributed by atoms with Crippen LogP contribution in [0.5, 0.6) is 0 Å². The molecule has 0 amide bonds. The molecule has 0 aliphatic rings. The highest BCUT2D eigenvalue weighted by Gasteiger charge is 2.07. The molecule has 0 saturated carbocycles. The molecule has 1 N–H and O–H groups in total. The molecule has 1 rings (SSSR count). The summed E-state index contributed by atoms with van der Waals surface area (Å²) in [5, 5.41) is 7.94. The minimum absolute atomic E-state index is 0.464. The molecule has 0 saturated heterocycles. The lowest BCUT2D eigenvalue weighted by Gasteiger charge is -2.10. The molecule has 0 aliphatic carbocycles. The minimum atomic E-state index is 0.464. The van der Waals surface area contributed by atoms with E-state index in [9.17, 15) is 0 Å². The average molecular weight is 223 g/mol. The molecule has 0 aromatic carbocycles. The number of hydrogen-bond acceptors (Lipinski definition) is 2. The Labute approximate surface area is 99.2 Å². The van der Waals surface area contributed by atoms with Gasteiger partial charge in [-0.05, 0) is 51.8 Å². The van der Waals surface area contributed by atoms with Crippen LogP contribution in [-0.4, -0.2) is 22.9 Å². The molecule has 0 spiro atoms. The van der Waals surface area contributed by atoms with Gasteiger partial charge < -0.3 is 5.32 Å². The van der Waals surface area contributed by atoms with E-state index in [4.69, 9.17) is 0 Å². The molecular weight excluding hydrogens is 198 g/mol. The van der Waals surface area contributed by atoms with Crippen molar-refractivity contribution in [3.63, 3.8) is 0 Å². The SMILES string of the molecule is CCNCCC(C)Cc1ccn(C(C)C)n1. The monoisotopic (exact) mass is 223 g/mol. The van der Waals surface area contributed by atoms with Crippen LogP contribution in [0.15, 0.2) is 12.3 Å². The lowest BCUT2D eigenvalue weighted by atomic mass is 10.0. The number of rotatable bonds is 7. The van der Waals surface area contributed by atoms with Gasteiger partial charge in [-0.2, -0.15) is 5.10 Å². The van der Waals surface area contributed by atoms with Gasteiger partial charge in [0.25, 0.3) is 0 Å². The molecule has 16 heavy (non-hydrogen) atoms. The summed E-state index contributed by atoms with van der Waals surface area (Å²) < 4.78 is 2.03. The van der Waals surface area contributed by atoms with Crippen molar-refractivity contribution in [2.24, 2.45) is 5.92 Å². The first kappa shape index (κ1) is 13.2. The summed E-state index contributed by atoms with van der Waals surface area (Å²) in [7, 11) is 0. The maximum atomic E-state index is 4.57. The molecule has 3 nitrogen and oxygen atoms in total. The zero-order chi connectivity index (χ0) is 12.0. The molecule has 92 valence electrons. The first-order chi connectivity index (χ1) is 7.63. The Morgan fingerprint density at radius 1 is 1.38 bits per heavy atom. The highest BCUT2D eigenvalue weighted by Crippen LogP contribution is 2.11. The Morgan fingerprint density at radius 2 is 2.12 bits per heavy atom. The quantitative estimate of drug-likeness (QED) is 0.720. The van der Waals surface area contributed by atoms with Crippen LogP contribution in [0.1, 0.15) is 45.9 Å². The van der Waals surface area contributed by atoms with E-state index >= 15 is 0 Å². The van der Waals surface area contributed by atoms with Crippen LogP contribution in [0.4, 0.5) is 0 Å². The van der Waals surface area contributed by atoms with Crippen molar-refractivity contribution in [1.29, 1.82) is 0 Å². The fraction of sp³-hybridized carbons (Fsp3) is 0.769. The molecular formula is C13H25N3. The summed E-state index contributed by atoms with van der Waals surface area (Å²) in [5.74, 6) is 0.703. The number of hydrogen-bond donors (Lipinski definition) is 1. The van der Waals surface area contributed by atoms with E-state index < -0.39 is 0 Å². The van der Waals surface area contributed by atoms with E-state index in [1.165, 1.54) is 12.1 Å². The molecule has 1 heterocycles. The van der Waals surface area contributed by atoms with Crippen LogP contribution in [0.3, 0.4) is 0 Å². The fourth-order valence-electron chi connectivity index (χ4n) is 1.76. The summed E-state index contributed by atoms with van der Waals surface area (Å²) in [6.07, 6.45) is 4.39. The molecule has 0 fully saturated rings. The highest BCUT2D eigenvalue weighted by molar-refractivity contribution is 5.00. The van der Waals surface area contributed by atoms with Crippen molar-refractivity contribution in [1.82, 2.24) is 15.1 Å². The molecule has 0 aliphatic heterocycles. The van der Waals surface area contributed by atoms with Gasteiger partial charge in [-0.3, -0.25) is 4.68 Å². The summed E-state index contributed by atoms with van der Waals surface area (Å²) in [6.45, 7) is 10.9. The van der Waals surface area contributed by atoms with Crippen molar-refractivity contribution in [2.75, 3.05) is 13.1 Å². The van der Waals surface area contributed by atoms with E-state index in [1.54, 1.807) is 0 Å². The van der Waals surface area contributed by atoms with Gasteiger partial charge in [0, 0.05) is 12.2 Å². The fourth-order valence-corrected chi connectivity index (χ4v) is 1.76. The third kappa shape index (κ3) is 4.35. The molecule has 1 atom stereocenters. The first-order valence-electron chi connectivity index (χ1n) is 6.38. The van der Waals surface area contributed by atoms with Crippen LogP contribution in [-0.2, 0) is 6.42 Å². The number of nitrogens with zero attached hydrogens (tertiary/aromatic N) is 2. The minimum Gasteiger partial charge on any atom is -0.317 e. The van der Waals surface area contributed by atoms with Gasteiger partial charge in [-0.1, -0.05) is 13.8 Å². The Balaban J connectivity index is 2.34. The number of nitrogens with one attached hydrogen (secondary N) is 1. The second-order valence-corrected chi connectivity index (χ2v) is 4.83. The van der Waals surface area contributed by atoms with Gasteiger partial charge in [0.1, 0.15) is 0 Å². The van der Waals surface area contributed by atoms with Crippen molar-refractivity contribution in [3.8, 4) is 0 Å².